The Labute approximate surface area is 265 Å². The third-order valence-electron chi connectivity index (χ3n) is 7.66. The van der Waals surface area contributed by atoms with Crippen LogP contribution in [-0.4, -0.2) is 54.4 Å². The van der Waals surface area contributed by atoms with Gasteiger partial charge >= 0.3 is 12.0 Å². The van der Waals surface area contributed by atoms with Crippen molar-refractivity contribution in [2.75, 3.05) is 20.3 Å². The number of nitrogens with zero attached hydrogens (tertiary/aromatic N) is 2. The Hall–Kier alpha value is -5.36. The first-order valence-electron chi connectivity index (χ1n) is 14.8. The number of nitrogens with one attached hydrogen (secondary N) is 3. The highest BCUT2D eigenvalue weighted by Crippen LogP contribution is 2.35. The minimum Gasteiger partial charge on any atom is -0.490 e. The molecule has 0 bridgehead atoms. The average Bonchev–Trinajstić information content (AvgIpc) is 3.30. The van der Waals surface area contributed by atoms with Gasteiger partial charge in [0.05, 0.1) is 38.1 Å². The minimum absolute atomic E-state index is 0.165. The van der Waals surface area contributed by atoms with Crippen LogP contribution in [0, 0.1) is 12.7 Å². The monoisotopic (exact) mass is 629 g/mol. The zero-order valence-electron chi connectivity index (χ0n) is 26.0. The van der Waals surface area contributed by atoms with Crippen LogP contribution in [0.15, 0.2) is 83.1 Å². The number of hydrogen-bond acceptors (Lipinski definition) is 8. The van der Waals surface area contributed by atoms with E-state index in [1.807, 2.05) is 48.7 Å². The number of hydrogen-bond donors (Lipinski definition) is 4. The van der Waals surface area contributed by atoms with Crippen LogP contribution in [0.2, 0.25) is 0 Å². The molecule has 3 aromatic carbocycles. The Bertz CT molecular complexity index is 1820. The van der Waals surface area contributed by atoms with Crippen molar-refractivity contribution in [2.45, 2.75) is 39.6 Å². The Kier molecular flexibility index (Phi) is 9.87. The smallest absolute Gasteiger partial charge is 0.337 e. The van der Waals surface area contributed by atoms with Crippen LogP contribution in [0.3, 0.4) is 0 Å². The van der Waals surface area contributed by atoms with Gasteiger partial charge in [-0.05, 0) is 50.6 Å². The maximum absolute atomic E-state index is 14.4. The number of aliphatic hydroxyl groups is 1. The summed E-state index contributed by atoms with van der Waals surface area (Å²) < 4.78 is 33.0. The molecule has 46 heavy (non-hydrogen) atoms. The number of hydrazone groups is 1. The lowest BCUT2D eigenvalue weighted by molar-refractivity contribution is -0.136. The lowest BCUT2D eigenvalue weighted by Crippen LogP contribution is -2.45. The number of halogens is 1. The third kappa shape index (κ3) is 6.81. The zero-order chi connectivity index (χ0) is 32.8. The SMILES string of the molecule is CCOc1cc([C@@H]2NC(=O)NC(C)=C2C(=O)OC)ccc1OC[C@@H](O)N/N=C/c1c(C)n(Cc2ccccc2F)c2ccccc12. The Morgan fingerprint density at radius 2 is 1.87 bits per heavy atom. The molecule has 0 fully saturated rings. The molecule has 2 heterocycles. The quantitative estimate of drug-likeness (QED) is 0.0775. The number of allylic oxidation sites excluding steroid dienone is 1. The number of urea groups is 1. The van der Waals surface area contributed by atoms with Crippen molar-refractivity contribution >= 4 is 29.1 Å². The molecule has 0 aliphatic carbocycles. The molecule has 2 amide bonds. The van der Waals surface area contributed by atoms with Crippen molar-refractivity contribution in [3.8, 4) is 11.5 Å². The number of carbonyl (C=O) groups is 2. The van der Waals surface area contributed by atoms with Crippen molar-refractivity contribution < 1.29 is 33.3 Å². The number of benzene rings is 3. The molecule has 0 unspecified atom stereocenters. The number of fused-ring (bicyclic) bond motifs is 1. The number of esters is 1. The number of amides is 2. The summed E-state index contributed by atoms with van der Waals surface area (Å²) in [5.41, 5.74) is 7.17. The standard InChI is InChI=1S/C34H36FN5O6/c1-5-45-29-16-22(32-31(33(42)44-4)20(2)37-34(43)38-32)14-15-28(29)46-19-30(41)39-36-17-25-21(3)40(27-13-9-7-11-24(25)27)18-23-10-6-8-12-26(23)35/h6-17,30,32,39,41H,5,18-19H2,1-4H3,(H2,37,38,43)/b36-17+/t30-,32+/m1/s1. The molecule has 0 spiro atoms. The van der Waals surface area contributed by atoms with Crippen LogP contribution < -0.4 is 25.5 Å². The Morgan fingerprint density at radius 1 is 1.11 bits per heavy atom. The van der Waals surface area contributed by atoms with Crippen molar-refractivity contribution in [2.24, 2.45) is 5.10 Å². The number of aliphatic hydroxyl groups excluding tert-OH is 1. The Morgan fingerprint density at radius 3 is 2.63 bits per heavy atom. The zero-order valence-corrected chi connectivity index (χ0v) is 26.0. The molecule has 1 aliphatic heterocycles. The summed E-state index contributed by atoms with van der Waals surface area (Å²) >= 11 is 0. The highest BCUT2D eigenvalue weighted by Gasteiger charge is 2.32. The average molecular weight is 630 g/mol. The largest absolute Gasteiger partial charge is 0.490 e. The van der Waals surface area contributed by atoms with E-state index >= 15 is 0 Å². The summed E-state index contributed by atoms with van der Waals surface area (Å²) in [7, 11) is 1.27. The molecule has 1 aliphatic rings. The molecule has 4 aromatic rings. The van der Waals surface area contributed by atoms with Gasteiger partial charge in [-0.15, -0.1) is 0 Å². The van der Waals surface area contributed by atoms with Crippen LogP contribution in [-0.2, 0) is 16.1 Å². The van der Waals surface area contributed by atoms with E-state index in [4.69, 9.17) is 14.2 Å². The van der Waals surface area contributed by atoms with E-state index in [1.165, 1.54) is 13.2 Å². The van der Waals surface area contributed by atoms with Crippen LogP contribution in [0.25, 0.3) is 10.9 Å². The summed E-state index contributed by atoms with van der Waals surface area (Å²) in [6.07, 6.45) is 0.457. The van der Waals surface area contributed by atoms with Gasteiger partial charge in [0.25, 0.3) is 0 Å². The van der Waals surface area contributed by atoms with Gasteiger partial charge in [0.1, 0.15) is 12.4 Å². The van der Waals surface area contributed by atoms with E-state index < -0.39 is 24.3 Å². The second-order valence-corrected chi connectivity index (χ2v) is 10.6. The molecular weight excluding hydrogens is 593 g/mol. The first kappa shape index (κ1) is 32.0. The van der Waals surface area contributed by atoms with E-state index in [9.17, 15) is 19.1 Å². The number of aromatic nitrogens is 1. The molecule has 4 N–H and O–H groups in total. The van der Waals surface area contributed by atoms with Gasteiger partial charge in [-0.3, -0.25) is 5.43 Å². The first-order chi connectivity index (χ1) is 22.2. The highest BCUT2D eigenvalue weighted by atomic mass is 19.1. The molecule has 0 saturated heterocycles. The predicted octanol–water partition coefficient (Wildman–Crippen LogP) is 4.66. The fourth-order valence-corrected chi connectivity index (χ4v) is 5.43. The molecule has 11 nitrogen and oxygen atoms in total. The fourth-order valence-electron chi connectivity index (χ4n) is 5.43. The molecule has 0 saturated carbocycles. The second kappa shape index (κ2) is 14.2. The number of ether oxygens (including phenoxy) is 3. The molecule has 0 radical (unpaired) electrons. The van der Waals surface area contributed by atoms with Crippen molar-refractivity contribution in [3.63, 3.8) is 0 Å². The van der Waals surface area contributed by atoms with Gasteiger partial charge < -0.3 is 34.5 Å². The third-order valence-corrected chi connectivity index (χ3v) is 7.66. The lowest BCUT2D eigenvalue weighted by atomic mass is 9.95. The number of rotatable bonds is 12. The normalized spacial score (nSPS) is 15.4. The number of carbonyl (C=O) groups excluding carboxylic acids is 2. The van der Waals surface area contributed by atoms with Gasteiger partial charge in [0.15, 0.2) is 17.7 Å². The van der Waals surface area contributed by atoms with Crippen molar-refractivity contribution in [1.29, 1.82) is 0 Å². The summed E-state index contributed by atoms with van der Waals surface area (Å²) in [6, 6.07) is 18.3. The van der Waals surface area contributed by atoms with Gasteiger partial charge in [0, 0.05) is 33.4 Å². The summed E-state index contributed by atoms with van der Waals surface area (Å²) in [6.45, 7) is 5.91. The topological polar surface area (TPSA) is 135 Å². The van der Waals surface area contributed by atoms with E-state index in [-0.39, 0.29) is 18.0 Å². The first-order valence-corrected chi connectivity index (χ1v) is 14.8. The van der Waals surface area contributed by atoms with Crippen molar-refractivity contribution in [3.05, 3.63) is 106 Å². The van der Waals surface area contributed by atoms with Gasteiger partial charge in [-0.25, -0.2) is 14.0 Å². The summed E-state index contributed by atoms with van der Waals surface area (Å²) in [5, 5.41) is 21.2. The highest BCUT2D eigenvalue weighted by molar-refractivity contribution is 6.01. The van der Waals surface area contributed by atoms with E-state index in [1.54, 1.807) is 43.5 Å². The van der Waals surface area contributed by atoms with E-state index in [2.05, 4.69) is 21.2 Å². The second-order valence-electron chi connectivity index (χ2n) is 10.6. The maximum atomic E-state index is 14.4. The summed E-state index contributed by atoms with van der Waals surface area (Å²) in [4.78, 5) is 24.7. The van der Waals surface area contributed by atoms with Crippen LogP contribution in [0.5, 0.6) is 11.5 Å². The fraction of sp³-hybridized carbons (Fsp3) is 0.265. The minimum atomic E-state index is -1.17. The predicted molar refractivity (Wildman–Crippen MR) is 171 cm³/mol. The molecule has 5 rings (SSSR count). The van der Waals surface area contributed by atoms with E-state index in [0.717, 1.165) is 22.2 Å². The summed E-state index contributed by atoms with van der Waals surface area (Å²) in [5.74, 6) is -0.127. The van der Waals surface area contributed by atoms with E-state index in [0.29, 0.717) is 41.5 Å². The number of para-hydroxylation sites is 1. The van der Waals surface area contributed by atoms with Crippen LogP contribution in [0.1, 0.15) is 42.3 Å². The van der Waals surface area contributed by atoms with Gasteiger partial charge in [-0.2, -0.15) is 5.10 Å². The van der Waals surface area contributed by atoms with Crippen LogP contribution >= 0.6 is 0 Å². The lowest BCUT2D eigenvalue weighted by Gasteiger charge is -2.28. The van der Waals surface area contributed by atoms with Crippen molar-refractivity contribution in [1.82, 2.24) is 20.6 Å². The molecule has 1 aromatic heterocycles. The number of methoxy groups -OCH3 is 1. The van der Waals surface area contributed by atoms with Gasteiger partial charge in [-0.1, -0.05) is 42.5 Å². The molecular formula is C34H36FN5O6. The molecule has 2 atom stereocenters. The van der Waals surface area contributed by atoms with Gasteiger partial charge in [0.2, 0.25) is 0 Å². The van der Waals surface area contributed by atoms with Crippen LogP contribution in [0.4, 0.5) is 9.18 Å². The Balaban J connectivity index is 1.29. The molecule has 240 valence electrons. The molecule has 12 heteroatoms. The maximum Gasteiger partial charge on any atom is 0.337 e.